The molecular formula is C15H21N5O. The molecule has 3 N–H and O–H groups in total. The van der Waals surface area contributed by atoms with Crippen molar-refractivity contribution >= 4 is 23.0 Å². The van der Waals surface area contributed by atoms with Crippen molar-refractivity contribution in [3.05, 3.63) is 35.2 Å². The van der Waals surface area contributed by atoms with Crippen LogP contribution in [-0.2, 0) is 7.05 Å². The minimum atomic E-state index is -0.190. The SMILES string of the molecule is Cc1nn(C)c(C)c1NC(=O)c1cc(N)ccc1N(C)C. The summed E-state index contributed by atoms with van der Waals surface area (Å²) in [5.41, 5.74) is 10.2. The first-order chi connectivity index (χ1) is 9.81. The lowest BCUT2D eigenvalue weighted by Crippen LogP contribution is -2.19. The molecular weight excluding hydrogens is 266 g/mol. The normalized spacial score (nSPS) is 10.5. The van der Waals surface area contributed by atoms with E-state index in [0.29, 0.717) is 11.3 Å². The van der Waals surface area contributed by atoms with Gasteiger partial charge in [-0.15, -0.1) is 0 Å². The molecule has 2 aromatic rings. The average Bonchev–Trinajstić information content (AvgIpc) is 2.64. The highest BCUT2D eigenvalue weighted by Crippen LogP contribution is 2.24. The maximum absolute atomic E-state index is 12.6. The van der Waals surface area contributed by atoms with Crippen LogP contribution in [0, 0.1) is 13.8 Å². The van der Waals surface area contributed by atoms with Crippen molar-refractivity contribution in [1.29, 1.82) is 0 Å². The van der Waals surface area contributed by atoms with E-state index in [4.69, 9.17) is 5.73 Å². The van der Waals surface area contributed by atoms with Gasteiger partial charge in [0.25, 0.3) is 5.91 Å². The van der Waals surface area contributed by atoms with Crippen molar-refractivity contribution in [3.8, 4) is 0 Å². The van der Waals surface area contributed by atoms with Gasteiger partial charge in [-0.05, 0) is 32.0 Å². The smallest absolute Gasteiger partial charge is 0.257 e. The lowest BCUT2D eigenvalue weighted by Gasteiger charge is -2.17. The summed E-state index contributed by atoms with van der Waals surface area (Å²) in [6.07, 6.45) is 0. The number of aryl methyl sites for hydroxylation is 2. The lowest BCUT2D eigenvalue weighted by molar-refractivity contribution is 0.102. The van der Waals surface area contributed by atoms with E-state index in [1.54, 1.807) is 16.8 Å². The molecule has 0 bridgehead atoms. The Bertz CT molecular complexity index is 688. The number of amides is 1. The highest BCUT2D eigenvalue weighted by Gasteiger charge is 2.17. The van der Waals surface area contributed by atoms with Crippen molar-refractivity contribution in [2.75, 3.05) is 30.0 Å². The summed E-state index contributed by atoms with van der Waals surface area (Å²) in [4.78, 5) is 14.5. The molecule has 112 valence electrons. The van der Waals surface area contributed by atoms with E-state index in [-0.39, 0.29) is 5.91 Å². The van der Waals surface area contributed by atoms with Gasteiger partial charge in [0.15, 0.2) is 0 Å². The second kappa shape index (κ2) is 5.47. The number of nitrogens with two attached hydrogens (primary N) is 1. The summed E-state index contributed by atoms with van der Waals surface area (Å²) in [6, 6.07) is 5.31. The van der Waals surface area contributed by atoms with Gasteiger partial charge in [-0.1, -0.05) is 0 Å². The highest BCUT2D eigenvalue weighted by molar-refractivity contribution is 6.09. The largest absolute Gasteiger partial charge is 0.399 e. The van der Waals surface area contributed by atoms with E-state index >= 15 is 0 Å². The third-order valence-corrected chi connectivity index (χ3v) is 3.49. The number of rotatable bonds is 3. The number of carbonyl (C=O) groups is 1. The van der Waals surface area contributed by atoms with Crippen LogP contribution in [0.2, 0.25) is 0 Å². The van der Waals surface area contributed by atoms with Crippen LogP contribution in [0.25, 0.3) is 0 Å². The number of aromatic nitrogens is 2. The second-order valence-electron chi connectivity index (χ2n) is 5.29. The van der Waals surface area contributed by atoms with E-state index in [9.17, 15) is 4.79 Å². The van der Waals surface area contributed by atoms with Gasteiger partial charge < -0.3 is 16.0 Å². The number of benzene rings is 1. The maximum Gasteiger partial charge on any atom is 0.257 e. The van der Waals surface area contributed by atoms with Crippen molar-refractivity contribution in [1.82, 2.24) is 9.78 Å². The van der Waals surface area contributed by atoms with E-state index < -0.39 is 0 Å². The van der Waals surface area contributed by atoms with Gasteiger partial charge in [0.2, 0.25) is 0 Å². The fourth-order valence-electron chi connectivity index (χ4n) is 2.26. The number of carbonyl (C=O) groups excluding carboxylic acids is 1. The lowest BCUT2D eigenvalue weighted by atomic mass is 10.1. The summed E-state index contributed by atoms with van der Waals surface area (Å²) in [7, 11) is 5.63. The zero-order chi connectivity index (χ0) is 15.7. The molecule has 1 heterocycles. The van der Waals surface area contributed by atoms with Crippen LogP contribution in [0.15, 0.2) is 18.2 Å². The Balaban J connectivity index is 2.39. The van der Waals surface area contributed by atoms with Crippen LogP contribution < -0.4 is 16.0 Å². The summed E-state index contributed by atoms with van der Waals surface area (Å²) < 4.78 is 1.75. The summed E-state index contributed by atoms with van der Waals surface area (Å²) in [5.74, 6) is -0.190. The van der Waals surface area contributed by atoms with Crippen molar-refractivity contribution < 1.29 is 4.79 Å². The minimum absolute atomic E-state index is 0.190. The fourth-order valence-corrected chi connectivity index (χ4v) is 2.26. The number of nitrogens with one attached hydrogen (secondary N) is 1. The van der Waals surface area contributed by atoms with Crippen molar-refractivity contribution in [2.45, 2.75) is 13.8 Å². The molecule has 0 spiro atoms. The Morgan fingerprint density at radius 2 is 2.00 bits per heavy atom. The monoisotopic (exact) mass is 287 g/mol. The molecule has 1 amide bonds. The Kier molecular flexibility index (Phi) is 3.88. The maximum atomic E-state index is 12.6. The first kappa shape index (κ1) is 14.9. The molecule has 21 heavy (non-hydrogen) atoms. The van der Waals surface area contributed by atoms with Crippen molar-refractivity contribution in [2.24, 2.45) is 7.05 Å². The van der Waals surface area contributed by atoms with Gasteiger partial charge in [-0.25, -0.2) is 0 Å². The molecule has 0 aliphatic rings. The van der Waals surface area contributed by atoms with Crippen LogP contribution >= 0.6 is 0 Å². The number of anilines is 3. The van der Waals surface area contributed by atoms with Crippen LogP contribution in [0.5, 0.6) is 0 Å². The van der Waals surface area contributed by atoms with Crippen molar-refractivity contribution in [3.63, 3.8) is 0 Å². The van der Waals surface area contributed by atoms with Gasteiger partial charge in [0.1, 0.15) is 0 Å². The van der Waals surface area contributed by atoms with Crippen LogP contribution in [-0.4, -0.2) is 29.8 Å². The van der Waals surface area contributed by atoms with Gasteiger partial charge >= 0.3 is 0 Å². The van der Waals surface area contributed by atoms with Gasteiger partial charge in [-0.3, -0.25) is 9.48 Å². The molecule has 2 rings (SSSR count). The molecule has 0 aliphatic carbocycles. The van der Waals surface area contributed by atoms with Crippen LogP contribution in [0.3, 0.4) is 0 Å². The predicted molar refractivity (Wildman–Crippen MR) is 85.8 cm³/mol. The van der Waals surface area contributed by atoms with Gasteiger partial charge in [0.05, 0.1) is 22.6 Å². The minimum Gasteiger partial charge on any atom is -0.399 e. The third kappa shape index (κ3) is 2.84. The van der Waals surface area contributed by atoms with E-state index in [0.717, 1.165) is 22.8 Å². The number of hydrogen-bond donors (Lipinski definition) is 2. The summed E-state index contributed by atoms with van der Waals surface area (Å²) in [6.45, 7) is 3.79. The highest BCUT2D eigenvalue weighted by atomic mass is 16.1. The number of nitrogen functional groups attached to an aromatic ring is 1. The molecule has 0 atom stereocenters. The zero-order valence-corrected chi connectivity index (χ0v) is 13.1. The topological polar surface area (TPSA) is 76.2 Å². The molecule has 0 saturated heterocycles. The molecule has 0 saturated carbocycles. The predicted octanol–water partition coefficient (Wildman–Crippen LogP) is 1.94. The van der Waals surface area contributed by atoms with Gasteiger partial charge in [0, 0.05) is 32.5 Å². The Morgan fingerprint density at radius 1 is 1.33 bits per heavy atom. The average molecular weight is 287 g/mol. The molecule has 0 fully saturated rings. The first-order valence-electron chi connectivity index (χ1n) is 6.69. The van der Waals surface area contributed by atoms with Gasteiger partial charge in [-0.2, -0.15) is 5.10 Å². The van der Waals surface area contributed by atoms with Crippen LogP contribution in [0.1, 0.15) is 21.7 Å². The first-order valence-corrected chi connectivity index (χ1v) is 6.69. The molecule has 1 aromatic heterocycles. The Labute approximate surface area is 124 Å². The molecule has 6 nitrogen and oxygen atoms in total. The van der Waals surface area contributed by atoms with E-state index in [1.807, 2.05) is 46.0 Å². The number of hydrogen-bond acceptors (Lipinski definition) is 4. The molecule has 6 heteroatoms. The standard InChI is InChI=1S/C15H21N5O/c1-9-14(10(2)20(5)18-9)17-15(21)12-8-11(16)6-7-13(12)19(3)4/h6-8H,16H2,1-5H3,(H,17,21). The summed E-state index contributed by atoms with van der Waals surface area (Å²) >= 11 is 0. The third-order valence-electron chi connectivity index (χ3n) is 3.49. The Morgan fingerprint density at radius 3 is 2.52 bits per heavy atom. The molecule has 1 aromatic carbocycles. The second-order valence-corrected chi connectivity index (χ2v) is 5.29. The fraction of sp³-hybridized carbons (Fsp3) is 0.333. The zero-order valence-electron chi connectivity index (χ0n) is 13.1. The number of nitrogens with zero attached hydrogens (tertiary/aromatic N) is 3. The Hall–Kier alpha value is -2.50. The molecule has 0 aliphatic heterocycles. The molecule has 0 unspecified atom stereocenters. The van der Waals surface area contributed by atoms with E-state index in [1.165, 1.54) is 0 Å². The summed E-state index contributed by atoms with van der Waals surface area (Å²) in [5, 5.41) is 7.23. The quantitative estimate of drug-likeness (QED) is 0.846. The van der Waals surface area contributed by atoms with Crippen LogP contribution in [0.4, 0.5) is 17.1 Å². The van der Waals surface area contributed by atoms with E-state index in [2.05, 4.69) is 10.4 Å². The molecule has 0 radical (unpaired) electrons.